The quantitative estimate of drug-likeness (QED) is 0.0204. The Balaban J connectivity index is 1.69. The van der Waals surface area contributed by atoms with Crippen LogP contribution in [0.15, 0.2) is 24.3 Å². The minimum absolute atomic E-state index is 0.241. The molecule has 0 aromatic heterocycles. The normalized spacial score (nSPS) is 23.7. The number of ether oxygens (including phenoxy) is 4. The van der Waals surface area contributed by atoms with Crippen LogP contribution >= 0.6 is 0 Å². The molecule has 12 unspecified atom stereocenters. The number of aliphatic hydroxyl groups is 8. The van der Waals surface area contributed by atoms with Crippen LogP contribution in [-0.4, -0.2) is 140 Å². The third-order valence-electron chi connectivity index (χ3n) is 17.6. The highest BCUT2D eigenvalue weighted by molar-refractivity contribution is 5.76. The monoisotopic (exact) mass is 1200 g/mol. The predicted octanol–water partition coefficient (Wildman–Crippen LogP) is 14.3. The van der Waals surface area contributed by atoms with Gasteiger partial charge in [-0.2, -0.15) is 0 Å². The molecule has 0 aromatic rings. The molecular formula is C70H133NO13. The van der Waals surface area contributed by atoms with E-state index in [0.29, 0.717) is 12.8 Å². The average molecular weight is 1200 g/mol. The van der Waals surface area contributed by atoms with Gasteiger partial charge in [0, 0.05) is 6.42 Å². The number of unbranched alkanes of at least 4 members (excludes halogenated alkanes) is 44. The molecule has 496 valence electrons. The summed E-state index contributed by atoms with van der Waals surface area (Å²) < 4.78 is 22.8. The van der Waals surface area contributed by atoms with Crippen molar-refractivity contribution in [2.75, 3.05) is 19.8 Å². The molecule has 2 saturated heterocycles. The van der Waals surface area contributed by atoms with Gasteiger partial charge in [0.2, 0.25) is 5.91 Å². The molecule has 2 heterocycles. The number of rotatable bonds is 59. The molecule has 14 heteroatoms. The molecule has 2 fully saturated rings. The second-order valence-electron chi connectivity index (χ2n) is 25.4. The zero-order valence-corrected chi connectivity index (χ0v) is 53.9. The van der Waals surface area contributed by atoms with Crippen molar-refractivity contribution in [2.45, 2.75) is 396 Å². The van der Waals surface area contributed by atoms with Gasteiger partial charge in [0.15, 0.2) is 12.6 Å². The van der Waals surface area contributed by atoms with E-state index in [1.54, 1.807) is 6.08 Å². The Morgan fingerprint density at radius 3 is 1.17 bits per heavy atom. The van der Waals surface area contributed by atoms with E-state index in [9.17, 15) is 45.6 Å². The number of amides is 1. The molecule has 84 heavy (non-hydrogen) atoms. The first-order valence-electron chi connectivity index (χ1n) is 35.6. The van der Waals surface area contributed by atoms with E-state index in [2.05, 4.69) is 31.3 Å². The number of carbonyl (C=O) groups is 1. The Kier molecular flexibility index (Phi) is 51.9. The van der Waals surface area contributed by atoms with Gasteiger partial charge in [-0.25, -0.2) is 0 Å². The number of hydrogen-bond donors (Lipinski definition) is 9. The highest BCUT2D eigenvalue weighted by atomic mass is 16.7. The number of aliphatic hydroxyl groups excluding tert-OH is 8. The molecule has 12 atom stereocenters. The maximum absolute atomic E-state index is 13.3. The van der Waals surface area contributed by atoms with E-state index >= 15 is 0 Å². The van der Waals surface area contributed by atoms with Gasteiger partial charge in [-0.1, -0.05) is 308 Å². The highest BCUT2D eigenvalue weighted by Gasteiger charge is 2.51. The lowest BCUT2D eigenvalue weighted by Gasteiger charge is -2.46. The highest BCUT2D eigenvalue weighted by Crippen LogP contribution is 2.30. The van der Waals surface area contributed by atoms with Crippen molar-refractivity contribution < 1.29 is 64.6 Å². The maximum Gasteiger partial charge on any atom is 0.220 e. The van der Waals surface area contributed by atoms with Gasteiger partial charge in [-0.3, -0.25) is 4.79 Å². The van der Waals surface area contributed by atoms with E-state index in [-0.39, 0.29) is 18.9 Å². The molecule has 0 bridgehead atoms. The first-order chi connectivity index (χ1) is 41.1. The van der Waals surface area contributed by atoms with Crippen LogP contribution in [-0.2, 0) is 23.7 Å². The summed E-state index contributed by atoms with van der Waals surface area (Å²) in [7, 11) is 0. The van der Waals surface area contributed by atoms with Gasteiger partial charge in [0.25, 0.3) is 0 Å². The maximum atomic E-state index is 13.3. The molecule has 14 nitrogen and oxygen atoms in total. The Bertz CT molecular complexity index is 1500. The largest absolute Gasteiger partial charge is 0.394 e. The van der Waals surface area contributed by atoms with Gasteiger partial charge in [-0.05, 0) is 32.1 Å². The van der Waals surface area contributed by atoms with Gasteiger partial charge >= 0.3 is 0 Å². The van der Waals surface area contributed by atoms with Crippen LogP contribution in [0.1, 0.15) is 322 Å². The first kappa shape index (κ1) is 78.6. The third-order valence-corrected chi connectivity index (χ3v) is 17.6. The summed E-state index contributed by atoms with van der Waals surface area (Å²) in [5, 5.41) is 87.4. The smallest absolute Gasteiger partial charge is 0.220 e. The standard InChI is InChI=1S/C70H133NO13/c1-3-5-7-9-11-13-15-17-19-21-23-25-27-28-29-30-32-34-36-38-40-42-44-46-48-50-52-54-62(75)71-58(57-81-69-67(80)65(78)68(61(56-73)83-69)84-70-66(79)64(77)63(76)60(55-72)82-70)59(74)53-51-49-47-45-43-41-39-37-35-33-31-26-24-22-20-18-16-14-12-10-8-6-4-2/h43,45,51,53,58-61,63-70,72-74,76-80H,3-42,44,46-50,52,54-57H2,1-2H3,(H,71,75)/b45-43+,53-51+. The summed E-state index contributed by atoms with van der Waals surface area (Å²) >= 11 is 0. The van der Waals surface area contributed by atoms with Crippen LogP contribution in [0.2, 0.25) is 0 Å². The SMILES string of the molecule is CCCCCCCCCCCCCCCCCCC/C=C/CC/C=C/C(O)C(COC1OC(CO)C(OC2OC(CO)C(O)C(O)C2O)C(O)C1O)NC(=O)CCCCCCCCCCCCCCCCCCCCCCCCCCCCC. The Labute approximate surface area is 513 Å². The summed E-state index contributed by atoms with van der Waals surface area (Å²) in [6.07, 6.45) is 52.4. The van der Waals surface area contributed by atoms with Gasteiger partial charge in [-0.15, -0.1) is 0 Å². The minimum Gasteiger partial charge on any atom is -0.394 e. The van der Waals surface area contributed by atoms with E-state index in [1.165, 1.54) is 257 Å². The first-order valence-corrected chi connectivity index (χ1v) is 35.6. The zero-order valence-electron chi connectivity index (χ0n) is 53.9. The summed E-state index contributed by atoms with van der Waals surface area (Å²) in [4.78, 5) is 13.3. The van der Waals surface area contributed by atoms with E-state index in [1.807, 2.05) is 6.08 Å². The lowest BCUT2D eigenvalue weighted by molar-refractivity contribution is -0.359. The van der Waals surface area contributed by atoms with Crippen LogP contribution in [0.4, 0.5) is 0 Å². The number of allylic oxidation sites excluding steroid dienone is 3. The van der Waals surface area contributed by atoms with Crippen molar-refractivity contribution in [3.8, 4) is 0 Å². The van der Waals surface area contributed by atoms with Gasteiger partial charge < -0.3 is 65.1 Å². The van der Waals surface area contributed by atoms with Crippen molar-refractivity contribution in [3.63, 3.8) is 0 Å². The molecular weight excluding hydrogens is 1060 g/mol. The van der Waals surface area contributed by atoms with Gasteiger partial charge in [0.1, 0.15) is 48.8 Å². The van der Waals surface area contributed by atoms with E-state index < -0.39 is 86.8 Å². The number of carbonyl (C=O) groups excluding carboxylic acids is 1. The molecule has 0 aliphatic carbocycles. The number of nitrogens with one attached hydrogen (secondary N) is 1. The van der Waals surface area contributed by atoms with Crippen molar-refractivity contribution in [1.29, 1.82) is 0 Å². The fraction of sp³-hybridized carbons (Fsp3) is 0.929. The fourth-order valence-corrected chi connectivity index (χ4v) is 12.0. The third kappa shape index (κ3) is 39.5. The Morgan fingerprint density at radius 2 is 0.762 bits per heavy atom. The molecule has 9 N–H and O–H groups in total. The molecule has 2 aliphatic rings. The van der Waals surface area contributed by atoms with Crippen LogP contribution < -0.4 is 5.32 Å². The van der Waals surface area contributed by atoms with Crippen LogP contribution in [0.25, 0.3) is 0 Å². The Morgan fingerprint density at radius 1 is 0.417 bits per heavy atom. The van der Waals surface area contributed by atoms with E-state index in [4.69, 9.17) is 18.9 Å². The summed E-state index contributed by atoms with van der Waals surface area (Å²) in [6, 6.07) is -0.929. The van der Waals surface area contributed by atoms with Crippen molar-refractivity contribution in [3.05, 3.63) is 24.3 Å². The van der Waals surface area contributed by atoms with Crippen LogP contribution in [0, 0.1) is 0 Å². The second-order valence-corrected chi connectivity index (χ2v) is 25.4. The van der Waals surface area contributed by atoms with Crippen LogP contribution in [0.3, 0.4) is 0 Å². The van der Waals surface area contributed by atoms with E-state index in [0.717, 1.165) is 32.1 Å². The zero-order chi connectivity index (χ0) is 60.9. The molecule has 0 aromatic carbocycles. The van der Waals surface area contributed by atoms with Crippen molar-refractivity contribution in [2.24, 2.45) is 0 Å². The van der Waals surface area contributed by atoms with Crippen molar-refractivity contribution >= 4 is 5.91 Å². The predicted molar refractivity (Wildman–Crippen MR) is 342 cm³/mol. The lowest BCUT2D eigenvalue weighted by atomic mass is 9.97. The topological polar surface area (TPSA) is 228 Å². The summed E-state index contributed by atoms with van der Waals surface area (Å²) in [5.41, 5.74) is 0. The Hall–Kier alpha value is -1.53. The second kappa shape index (κ2) is 55.5. The molecule has 1 amide bonds. The molecule has 2 rings (SSSR count). The molecule has 2 aliphatic heterocycles. The number of hydrogen-bond acceptors (Lipinski definition) is 13. The van der Waals surface area contributed by atoms with Crippen LogP contribution in [0.5, 0.6) is 0 Å². The lowest BCUT2D eigenvalue weighted by Crippen LogP contribution is -2.65. The summed E-state index contributed by atoms with van der Waals surface area (Å²) in [5.74, 6) is -0.241. The summed E-state index contributed by atoms with van der Waals surface area (Å²) in [6.45, 7) is 2.84. The van der Waals surface area contributed by atoms with Crippen molar-refractivity contribution in [1.82, 2.24) is 5.32 Å². The average Bonchev–Trinajstić information content (AvgIpc) is 3.62. The minimum atomic E-state index is -1.79. The fourth-order valence-electron chi connectivity index (χ4n) is 12.0. The molecule has 0 spiro atoms. The molecule has 0 radical (unpaired) electrons. The van der Waals surface area contributed by atoms with Gasteiger partial charge in [0.05, 0.1) is 32.0 Å². The molecule has 0 saturated carbocycles.